The Kier molecular flexibility index (Phi) is 5.24. The Morgan fingerprint density at radius 3 is 3.23 bits per heavy atom. The van der Waals surface area contributed by atoms with E-state index < -0.39 is 0 Å². The van der Waals surface area contributed by atoms with Crippen LogP contribution in [0.25, 0.3) is 4.96 Å². The quantitative estimate of drug-likeness (QED) is 0.714. The van der Waals surface area contributed by atoms with E-state index in [9.17, 15) is 4.79 Å². The summed E-state index contributed by atoms with van der Waals surface area (Å²) in [4.78, 5) is 22.0. The van der Waals surface area contributed by atoms with E-state index in [0.29, 0.717) is 19.8 Å². The SMILES string of the molecule is O=C(Cc1cn2ccsc2n1)N[C@@H]1COCC[C@H]1OCc1ccccn1. The van der Waals surface area contributed by atoms with Gasteiger partial charge in [0.15, 0.2) is 4.96 Å². The minimum atomic E-state index is -0.163. The molecule has 3 aromatic heterocycles. The van der Waals surface area contributed by atoms with Crippen LogP contribution >= 0.6 is 11.3 Å². The highest BCUT2D eigenvalue weighted by Gasteiger charge is 2.28. The number of imidazole rings is 1. The molecule has 8 heteroatoms. The van der Waals surface area contributed by atoms with Crippen molar-refractivity contribution in [3.8, 4) is 0 Å². The number of rotatable bonds is 6. The summed E-state index contributed by atoms with van der Waals surface area (Å²) in [5, 5.41) is 5.00. The molecular formula is C18H20N4O3S. The van der Waals surface area contributed by atoms with Gasteiger partial charge in [-0.1, -0.05) is 6.07 Å². The van der Waals surface area contributed by atoms with Crippen LogP contribution in [-0.2, 0) is 27.3 Å². The lowest BCUT2D eigenvalue weighted by Crippen LogP contribution is -2.50. The molecule has 0 unspecified atom stereocenters. The van der Waals surface area contributed by atoms with Gasteiger partial charge in [0.1, 0.15) is 0 Å². The van der Waals surface area contributed by atoms with Crippen LogP contribution in [0.2, 0.25) is 0 Å². The van der Waals surface area contributed by atoms with Crippen molar-refractivity contribution in [1.82, 2.24) is 19.7 Å². The van der Waals surface area contributed by atoms with Gasteiger partial charge in [-0.15, -0.1) is 11.3 Å². The van der Waals surface area contributed by atoms with E-state index in [0.717, 1.165) is 22.8 Å². The number of carbonyl (C=O) groups is 1. The second-order valence-electron chi connectivity index (χ2n) is 6.21. The highest BCUT2D eigenvalue weighted by Crippen LogP contribution is 2.15. The smallest absolute Gasteiger partial charge is 0.226 e. The summed E-state index contributed by atoms with van der Waals surface area (Å²) in [6.07, 6.45) is 6.48. The van der Waals surface area contributed by atoms with Crippen LogP contribution in [0, 0.1) is 0 Å². The van der Waals surface area contributed by atoms with Crippen molar-refractivity contribution in [2.45, 2.75) is 31.6 Å². The van der Waals surface area contributed by atoms with E-state index in [2.05, 4.69) is 15.3 Å². The molecule has 0 saturated carbocycles. The molecule has 4 heterocycles. The van der Waals surface area contributed by atoms with Crippen molar-refractivity contribution in [2.75, 3.05) is 13.2 Å². The molecule has 1 amide bonds. The maximum atomic E-state index is 12.4. The van der Waals surface area contributed by atoms with Gasteiger partial charge >= 0.3 is 0 Å². The van der Waals surface area contributed by atoms with Crippen molar-refractivity contribution in [1.29, 1.82) is 0 Å². The summed E-state index contributed by atoms with van der Waals surface area (Å²) in [6, 6.07) is 5.58. The molecule has 7 nitrogen and oxygen atoms in total. The zero-order chi connectivity index (χ0) is 17.8. The van der Waals surface area contributed by atoms with Crippen molar-refractivity contribution >= 4 is 22.2 Å². The topological polar surface area (TPSA) is 77.8 Å². The number of ether oxygens (including phenoxy) is 2. The molecule has 2 atom stereocenters. The molecule has 0 aliphatic carbocycles. The first-order valence-corrected chi connectivity index (χ1v) is 9.45. The second kappa shape index (κ2) is 7.94. The number of fused-ring (bicyclic) bond motifs is 1. The lowest BCUT2D eigenvalue weighted by molar-refractivity contribution is -0.126. The maximum Gasteiger partial charge on any atom is 0.226 e. The van der Waals surface area contributed by atoms with Crippen molar-refractivity contribution in [3.63, 3.8) is 0 Å². The molecule has 4 rings (SSSR count). The molecule has 26 heavy (non-hydrogen) atoms. The van der Waals surface area contributed by atoms with E-state index in [4.69, 9.17) is 9.47 Å². The first-order valence-electron chi connectivity index (χ1n) is 8.57. The molecular weight excluding hydrogens is 352 g/mol. The minimum absolute atomic E-state index is 0.0716. The van der Waals surface area contributed by atoms with Gasteiger partial charge in [0.25, 0.3) is 0 Å². The van der Waals surface area contributed by atoms with Crippen LogP contribution in [0.1, 0.15) is 17.8 Å². The summed E-state index contributed by atoms with van der Waals surface area (Å²) in [5.74, 6) is -0.0716. The largest absolute Gasteiger partial charge is 0.379 e. The zero-order valence-corrected chi connectivity index (χ0v) is 15.0. The average molecular weight is 372 g/mol. The lowest BCUT2D eigenvalue weighted by atomic mass is 10.1. The Bertz CT molecular complexity index is 835. The van der Waals surface area contributed by atoms with Crippen molar-refractivity contribution in [2.24, 2.45) is 0 Å². The third kappa shape index (κ3) is 4.09. The number of nitrogens with zero attached hydrogens (tertiary/aromatic N) is 3. The molecule has 0 aromatic carbocycles. The number of amides is 1. The van der Waals surface area contributed by atoms with E-state index in [1.165, 1.54) is 0 Å². The number of pyridine rings is 1. The Balaban J connectivity index is 1.33. The number of aromatic nitrogens is 3. The Morgan fingerprint density at radius 1 is 1.42 bits per heavy atom. The van der Waals surface area contributed by atoms with Crippen LogP contribution in [0.3, 0.4) is 0 Å². The second-order valence-corrected chi connectivity index (χ2v) is 7.08. The molecule has 1 aliphatic heterocycles. The van der Waals surface area contributed by atoms with E-state index in [1.807, 2.05) is 40.4 Å². The van der Waals surface area contributed by atoms with Gasteiger partial charge in [-0.05, 0) is 18.6 Å². The standard InChI is InChI=1S/C18H20N4O3S/c23-17(9-14-10-22-6-8-26-18(22)20-14)21-15-12-24-7-4-16(15)25-11-13-3-1-2-5-19-13/h1-3,5-6,8,10,15-16H,4,7,9,11-12H2,(H,21,23)/t15-,16-/m1/s1. The molecule has 1 saturated heterocycles. The first kappa shape index (κ1) is 17.1. The first-order chi connectivity index (χ1) is 12.8. The predicted octanol–water partition coefficient (Wildman–Crippen LogP) is 1.82. The molecule has 0 radical (unpaired) electrons. The summed E-state index contributed by atoms with van der Waals surface area (Å²) in [7, 11) is 0. The Hall–Kier alpha value is -2.29. The number of hydrogen-bond acceptors (Lipinski definition) is 6. The fourth-order valence-corrected chi connectivity index (χ4v) is 3.73. The number of hydrogen-bond donors (Lipinski definition) is 1. The van der Waals surface area contributed by atoms with Gasteiger partial charge < -0.3 is 14.8 Å². The number of thiazole rings is 1. The van der Waals surface area contributed by atoms with Crippen molar-refractivity contribution < 1.29 is 14.3 Å². The fraction of sp³-hybridized carbons (Fsp3) is 0.389. The van der Waals surface area contributed by atoms with Crippen molar-refractivity contribution in [3.05, 3.63) is 53.6 Å². The Labute approximate surface area is 155 Å². The molecule has 136 valence electrons. The highest BCUT2D eigenvalue weighted by atomic mass is 32.1. The van der Waals surface area contributed by atoms with E-state index in [1.54, 1.807) is 17.5 Å². The molecule has 1 N–H and O–H groups in total. The van der Waals surface area contributed by atoms with Crippen LogP contribution in [0.4, 0.5) is 0 Å². The van der Waals surface area contributed by atoms with E-state index in [-0.39, 0.29) is 24.5 Å². The number of nitrogens with one attached hydrogen (secondary N) is 1. The highest BCUT2D eigenvalue weighted by molar-refractivity contribution is 7.15. The normalized spacial score (nSPS) is 20.3. The predicted molar refractivity (Wildman–Crippen MR) is 97.0 cm³/mol. The fourth-order valence-electron chi connectivity index (χ4n) is 3.01. The lowest BCUT2D eigenvalue weighted by Gasteiger charge is -2.32. The summed E-state index contributed by atoms with van der Waals surface area (Å²) in [5.41, 5.74) is 1.64. The van der Waals surface area contributed by atoms with E-state index >= 15 is 0 Å². The van der Waals surface area contributed by atoms with Gasteiger partial charge in [0.05, 0.1) is 43.2 Å². The number of carbonyl (C=O) groups excluding carboxylic acids is 1. The molecule has 0 spiro atoms. The maximum absolute atomic E-state index is 12.4. The third-order valence-electron chi connectivity index (χ3n) is 4.30. The molecule has 1 aliphatic rings. The Morgan fingerprint density at radius 2 is 2.38 bits per heavy atom. The van der Waals surface area contributed by atoms with Gasteiger partial charge in [-0.2, -0.15) is 0 Å². The molecule has 3 aromatic rings. The molecule has 0 bridgehead atoms. The van der Waals surface area contributed by atoms with Gasteiger partial charge in [0, 0.05) is 30.6 Å². The van der Waals surface area contributed by atoms with Crippen LogP contribution in [-0.4, -0.2) is 45.6 Å². The monoisotopic (exact) mass is 372 g/mol. The third-order valence-corrected chi connectivity index (χ3v) is 5.07. The summed E-state index contributed by atoms with van der Waals surface area (Å²) >= 11 is 1.55. The zero-order valence-electron chi connectivity index (χ0n) is 14.2. The van der Waals surface area contributed by atoms with Crippen LogP contribution in [0.15, 0.2) is 42.2 Å². The minimum Gasteiger partial charge on any atom is -0.379 e. The van der Waals surface area contributed by atoms with Crippen LogP contribution < -0.4 is 5.32 Å². The summed E-state index contributed by atoms with van der Waals surface area (Å²) < 4.78 is 13.4. The summed E-state index contributed by atoms with van der Waals surface area (Å²) in [6.45, 7) is 1.52. The molecule has 1 fully saturated rings. The van der Waals surface area contributed by atoms with Gasteiger partial charge in [-0.3, -0.25) is 14.2 Å². The van der Waals surface area contributed by atoms with Gasteiger partial charge in [-0.25, -0.2) is 4.98 Å². The average Bonchev–Trinajstić information content (AvgIpc) is 3.23. The van der Waals surface area contributed by atoms with Gasteiger partial charge in [0.2, 0.25) is 5.91 Å². The van der Waals surface area contributed by atoms with Crippen LogP contribution in [0.5, 0.6) is 0 Å².